The highest BCUT2D eigenvalue weighted by atomic mass is 16.5. The van der Waals surface area contributed by atoms with E-state index in [4.69, 9.17) is 9.84 Å². The Hall–Kier alpha value is -2.55. The van der Waals surface area contributed by atoms with E-state index in [1.165, 1.54) is 11.6 Å². The molecule has 3 nitrogen and oxygen atoms in total. The van der Waals surface area contributed by atoms with E-state index in [9.17, 15) is 4.79 Å². The summed E-state index contributed by atoms with van der Waals surface area (Å²) in [5, 5.41) is 8.52. The van der Waals surface area contributed by atoms with E-state index in [0.29, 0.717) is 0 Å². The van der Waals surface area contributed by atoms with Crippen LogP contribution in [-0.4, -0.2) is 16.7 Å². The molecule has 0 aliphatic carbocycles. The summed E-state index contributed by atoms with van der Waals surface area (Å²) >= 11 is 0. The lowest BCUT2D eigenvalue weighted by atomic mass is 9.90. The highest BCUT2D eigenvalue weighted by Gasteiger charge is 2.29. The molecular weight excluding hydrogens is 288 g/mol. The molecule has 1 N–H and O–H groups in total. The van der Waals surface area contributed by atoms with Gasteiger partial charge in [0.2, 0.25) is 0 Å². The maximum atomic E-state index is 10.4. The van der Waals surface area contributed by atoms with Crippen LogP contribution in [0.15, 0.2) is 54.2 Å². The van der Waals surface area contributed by atoms with Crippen LogP contribution in [0, 0.1) is 13.8 Å². The van der Waals surface area contributed by atoms with Crippen LogP contribution in [0.3, 0.4) is 0 Å². The van der Waals surface area contributed by atoms with Gasteiger partial charge in [0.15, 0.2) is 0 Å². The molecule has 2 rings (SSSR count). The summed E-state index contributed by atoms with van der Waals surface area (Å²) in [6.07, 6.45) is 12.1. The molecule has 120 valence electrons. The van der Waals surface area contributed by atoms with E-state index in [0.717, 1.165) is 28.5 Å². The van der Waals surface area contributed by atoms with Crippen molar-refractivity contribution in [3.63, 3.8) is 0 Å². The number of carbonyl (C=O) groups is 1. The van der Waals surface area contributed by atoms with E-state index < -0.39 is 11.6 Å². The first-order chi connectivity index (χ1) is 10.8. The largest absolute Gasteiger partial charge is 0.482 e. The number of ether oxygens (including phenoxy) is 1. The van der Waals surface area contributed by atoms with Gasteiger partial charge >= 0.3 is 5.97 Å². The number of aliphatic carboxylic acids is 1. The number of fused-ring (bicyclic) bond motifs is 1. The van der Waals surface area contributed by atoms with Gasteiger partial charge < -0.3 is 9.84 Å². The first-order valence-electron chi connectivity index (χ1n) is 7.56. The second-order valence-electron chi connectivity index (χ2n) is 6.15. The normalized spacial score (nSPS) is 16.6. The number of benzene rings is 1. The summed E-state index contributed by atoms with van der Waals surface area (Å²) in [5.74, 6) is -0.0109. The average molecular weight is 310 g/mol. The molecular formula is C20H22O3. The lowest BCUT2D eigenvalue weighted by molar-refractivity contribution is -0.131. The molecule has 0 amide bonds. The third kappa shape index (κ3) is 4.22. The first kappa shape index (κ1) is 16.8. The monoisotopic (exact) mass is 310 g/mol. The minimum atomic E-state index is -0.953. The molecule has 0 radical (unpaired) electrons. The third-order valence-corrected chi connectivity index (χ3v) is 3.66. The number of hydrogen-bond acceptors (Lipinski definition) is 2. The second kappa shape index (κ2) is 6.69. The minimum absolute atomic E-state index is 0.408. The fourth-order valence-corrected chi connectivity index (χ4v) is 2.56. The van der Waals surface area contributed by atoms with Gasteiger partial charge in [0.05, 0.1) is 0 Å². The molecule has 0 bridgehead atoms. The Morgan fingerprint density at radius 2 is 1.83 bits per heavy atom. The maximum absolute atomic E-state index is 10.4. The molecule has 0 saturated carbocycles. The molecule has 1 aliphatic rings. The summed E-state index contributed by atoms with van der Waals surface area (Å²) in [5.41, 5.74) is 4.11. The van der Waals surface area contributed by atoms with Crippen LogP contribution in [0.1, 0.15) is 30.5 Å². The predicted octanol–water partition coefficient (Wildman–Crippen LogP) is 4.61. The second-order valence-corrected chi connectivity index (χ2v) is 6.15. The first-order valence-corrected chi connectivity index (χ1v) is 7.56. The molecule has 23 heavy (non-hydrogen) atoms. The molecule has 0 atom stereocenters. The molecule has 1 aliphatic heterocycles. The summed E-state index contributed by atoms with van der Waals surface area (Å²) in [6, 6.07) is 4.25. The van der Waals surface area contributed by atoms with Crippen LogP contribution in [0.4, 0.5) is 0 Å². The van der Waals surface area contributed by atoms with Crippen molar-refractivity contribution in [2.24, 2.45) is 0 Å². The number of aryl methyl sites for hydroxylation is 2. The smallest absolute Gasteiger partial charge is 0.328 e. The molecule has 3 heteroatoms. The number of hydrogen-bond donors (Lipinski definition) is 1. The van der Waals surface area contributed by atoms with Crippen molar-refractivity contribution in [3.8, 4) is 5.75 Å². The van der Waals surface area contributed by atoms with Crippen molar-refractivity contribution in [1.29, 1.82) is 0 Å². The summed E-state index contributed by atoms with van der Waals surface area (Å²) in [6.45, 7) is 8.22. The molecule has 0 spiro atoms. The van der Waals surface area contributed by atoms with Crippen molar-refractivity contribution >= 4 is 12.0 Å². The topological polar surface area (TPSA) is 46.5 Å². The predicted molar refractivity (Wildman–Crippen MR) is 93.7 cm³/mol. The van der Waals surface area contributed by atoms with Crippen LogP contribution < -0.4 is 4.74 Å². The van der Waals surface area contributed by atoms with Crippen molar-refractivity contribution in [2.45, 2.75) is 33.3 Å². The van der Waals surface area contributed by atoms with E-state index >= 15 is 0 Å². The number of allylic oxidation sites excluding steroid dienone is 4. The zero-order valence-electron chi connectivity index (χ0n) is 14.0. The number of rotatable bonds is 4. The van der Waals surface area contributed by atoms with E-state index in [2.05, 4.69) is 32.1 Å². The minimum Gasteiger partial charge on any atom is -0.482 e. The SMILES string of the molecule is Cc1cc(C)c2c(c1)C=C(C=CC=CC=CC(=O)O)C(C)(C)O2. The van der Waals surface area contributed by atoms with E-state index in [1.54, 1.807) is 12.2 Å². The van der Waals surface area contributed by atoms with Crippen LogP contribution in [0.25, 0.3) is 6.08 Å². The van der Waals surface area contributed by atoms with Gasteiger partial charge in [0.1, 0.15) is 11.4 Å². The number of carboxylic acids is 1. The van der Waals surface area contributed by atoms with Gasteiger partial charge in [-0.3, -0.25) is 0 Å². The Morgan fingerprint density at radius 3 is 2.52 bits per heavy atom. The van der Waals surface area contributed by atoms with Crippen LogP contribution >= 0.6 is 0 Å². The van der Waals surface area contributed by atoms with Gasteiger partial charge in [-0.2, -0.15) is 0 Å². The van der Waals surface area contributed by atoms with Crippen LogP contribution in [-0.2, 0) is 4.79 Å². The van der Waals surface area contributed by atoms with Gasteiger partial charge in [-0.05, 0) is 51.0 Å². The molecule has 1 aromatic carbocycles. The fourth-order valence-electron chi connectivity index (χ4n) is 2.56. The average Bonchev–Trinajstić information content (AvgIpc) is 2.43. The molecule has 1 aromatic rings. The Labute approximate surface area is 137 Å². The van der Waals surface area contributed by atoms with Gasteiger partial charge in [-0.25, -0.2) is 4.79 Å². The van der Waals surface area contributed by atoms with Gasteiger partial charge in [-0.1, -0.05) is 42.0 Å². The van der Waals surface area contributed by atoms with Crippen molar-refractivity contribution < 1.29 is 14.6 Å². The Bertz CT molecular complexity index is 731. The van der Waals surface area contributed by atoms with Gasteiger partial charge in [-0.15, -0.1) is 0 Å². The molecule has 0 aromatic heterocycles. The van der Waals surface area contributed by atoms with E-state index in [1.807, 2.05) is 26.0 Å². The van der Waals surface area contributed by atoms with Gasteiger partial charge in [0.25, 0.3) is 0 Å². The lowest BCUT2D eigenvalue weighted by Gasteiger charge is -2.33. The summed E-state index contributed by atoms with van der Waals surface area (Å²) < 4.78 is 6.19. The van der Waals surface area contributed by atoms with Crippen LogP contribution in [0.2, 0.25) is 0 Å². The molecule has 1 heterocycles. The van der Waals surface area contributed by atoms with Gasteiger partial charge in [0, 0.05) is 11.6 Å². The summed E-state index contributed by atoms with van der Waals surface area (Å²) in [7, 11) is 0. The van der Waals surface area contributed by atoms with Crippen LogP contribution in [0.5, 0.6) is 5.75 Å². The quantitative estimate of drug-likeness (QED) is 0.652. The zero-order valence-corrected chi connectivity index (χ0v) is 14.0. The van der Waals surface area contributed by atoms with Crippen molar-refractivity contribution in [3.05, 3.63) is 70.9 Å². The highest BCUT2D eigenvalue weighted by Crippen LogP contribution is 2.38. The fraction of sp³-hybridized carbons (Fsp3) is 0.250. The Balaban J connectivity index is 2.26. The third-order valence-electron chi connectivity index (χ3n) is 3.66. The summed E-state index contributed by atoms with van der Waals surface area (Å²) in [4.78, 5) is 10.4. The maximum Gasteiger partial charge on any atom is 0.328 e. The van der Waals surface area contributed by atoms with Crippen molar-refractivity contribution in [1.82, 2.24) is 0 Å². The zero-order chi connectivity index (χ0) is 17.0. The van der Waals surface area contributed by atoms with E-state index in [-0.39, 0.29) is 0 Å². The van der Waals surface area contributed by atoms with Crippen molar-refractivity contribution in [2.75, 3.05) is 0 Å². The lowest BCUT2D eigenvalue weighted by Crippen LogP contribution is -2.32. The highest BCUT2D eigenvalue weighted by molar-refractivity contribution is 5.80. The number of carboxylic acid groups (broad SMARTS) is 1. The standard InChI is InChI=1S/C20H22O3/c1-14-11-15(2)19-16(12-14)13-17(20(3,4)23-19)9-7-5-6-8-10-18(21)22/h5-13H,1-4H3,(H,21,22). The molecule has 0 unspecified atom stereocenters. The molecule has 0 saturated heterocycles. The Kier molecular flexibility index (Phi) is 4.89. The molecule has 0 fully saturated rings. The Morgan fingerprint density at radius 1 is 1.13 bits per heavy atom.